The molecule has 2 amide bonds. The molecule has 2 aromatic heterocycles. The Labute approximate surface area is 191 Å². The summed E-state index contributed by atoms with van der Waals surface area (Å²) in [6.45, 7) is 4.52. The second-order valence-corrected chi connectivity index (χ2v) is 7.64. The molecule has 168 valence electrons. The smallest absolute Gasteiger partial charge is 0.291 e. The Kier molecular flexibility index (Phi) is 6.59. The molecule has 0 aliphatic rings. The van der Waals surface area contributed by atoms with Gasteiger partial charge in [0.1, 0.15) is 18.1 Å². The number of hydrogen-bond acceptors (Lipinski definition) is 5. The lowest BCUT2D eigenvalue weighted by Crippen LogP contribution is -2.22. The highest BCUT2D eigenvalue weighted by Crippen LogP contribution is 2.21. The van der Waals surface area contributed by atoms with E-state index in [9.17, 15) is 9.59 Å². The zero-order valence-corrected chi connectivity index (χ0v) is 18.4. The average molecular weight is 444 g/mol. The molecule has 0 aliphatic carbocycles. The number of amides is 2. The molecule has 7 nitrogen and oxygen atoms in total. The van der Waals surface area contributed by atoms with Gasteiger partial charge in [-0.2, -0.15) is 0 Å². The molecule has 4 rings (SSSR count). The number of furan rings is 2. The van der Waals surface area contributed by atoms with Gasteiger partial charge in [-0.1, -0.05) is 29.8 Å². The number of hydrogen-bond donors (Lipinski definition) is 2. The largest absolute Gasteiger partial charge is 0.485 e. The van der Waals surface area contributed by atoms with Crippen molar-refractivity contribution < 1.29 is 23.2 Å². The van der Waals surface area contributed by atoms with E-state index in [0.717, 1.165) is 16.9 Å². The molecule has 2 aromatic carbocycles. The van der Waals surface area contributed by atoms with Crippen molar-refractivity contribution in [2.24, 2.45) is 0 Å². The highest BCUT2D eigenvalue weighted by molar-refractivity contribution is 6.02. The Hall–Kier alpha value is -4.26. The number of rotatable bonds is 8. The van der Waals surface area contributed by atoms with Gasteiger partial charge in [0.2, 0.25) is 0 Å². The maximum absolute atomic E-state index is 12.5. The molecule has 0 unspecified atom stereocenters. The van der Waals surface area contributed by atoms with Gasteiger partial charge in [0.15, 0.2) is 11.5 Å². The van der Waals surface area contributed by atoms with Crippen molar-refractivity contribution in [3.63, 3.8) is 0 Å². The van der Waals surface area contributed by atoms with E-state index in [-0.39, 0.29) is 36.5 Å². The van der Waals surface area contributed by atoms with Crippen LogP contribution in [-0.4, -0.2) is 11.8 Å². The van der Waals surface area contributed by atoms with Gasteiger partial charge in [-0.25, -0.2) is 0 Å². The third-order valence-electron chi connectivity index (χ3n) is 4.97. The second-order valence-electron chi connectivity index (χ2n) is 7.64. The first-order valence-electron chi connectivity index (χ1n) is 10.5. The zero-order chi connectivity index (χ0) is 23.2. The van der Waals surface area contributed by atoms with Crippen LogP contribution in [-0.2, 0) is 13.2 Å². The SMILES string of the molecule is Cc1ccc(OCc2ccc(C(=O)NCc3cccc(NC(=O)c4ccco4)c3)o2)c(C)c1. The lowest BCUT2D eigenvalue weighted by atomic mass is 10.1. The first kappa shape index (κ1) is 22.0. The highest BCUT2D eigenvalue weighted by atomic mass is 16.5. The monoisotopic (exact) mass is 444 g/mol. The minimum Gasteiger partial charge on any atom is -0.485 e. The van der Waals surface area contributed by atoms with Crippen molar-refractivity contribution in [2.45, 2.75) is 27.0 Å². The molecule has 0 atom stereocenters. The molecule has 0 aliphatic heterocycles. The number of nitrogens with one attached hydrogen (secondary N) is 2. The summed E-state index contributed by atoms with van der Waals surface area (Å²) in [5.74, 6) is 1.09. The molecule has 0 bridgehead atoms. The highest BCUT2D eigenvalue weighted by Gasteiger charge is 2.13. The van der Waals surface area contributed by atoms with E-state index >= 15 is 0 Å². The fraction of sp³-hybridized carbons (Fsp3) is 0.154. The van der Waals surface area contributed by atoms with E-state index in [1.165, 1.54) is 11.8 Å². The molecule has 0 saturated heterocycles. The molecule has 0 radical (unpaired) electrons. The van der Waals surface area contributed by atoms with Gasteiger partial charge >= 0.3 is 0 Å². The Morgan fingerprint density at radius 3 is 2.58 bits per heavy atom. The zero-order valence-electron chi connectivity index (χ0n) is 18.4. The Morgan fingerprint density at radius 1 is 0.909 bits per heavy atom. The summed E-state index contributed by atoms with van der Waals surface area (Å²) in [6.07, 6.45) is 1.44. The Bertz CT molecular complexity index is 1260. The number of aryl methyl sites for hydroxylation is 2. The van der Waals surface area contributed by atoms with Crippen molar-refractivity contribution in [1.29, 1.82) is 0 Å². The van der Waals surface area contributed by atoms with Crippen LogP contribution in [0.15, 0.2) is 81.8 Å². The molecule has 2 N–H and O–H groups in total. The van der Waals surface area contributed by atoms with Crippen molar-refractivity contribution in [2.75, 3.05) is 5.32 Å². The topological polar surface area (TPSA) is 93.7 Å². The van der Waals surface area contributed by atoms with Crippen molar-refractivity contribution in [1.82, 2.24) is 5.32 Å². The molecule has 2 heterocycles. The quantitative estimate of drug-likeness (QED) is 0.387. The minimum absolute atomic E-state index is 0.205. The summed E-state index contributed by atoms with van der Waals surface area (Å²) in [4.78, 5) is 24.6. The summed E-state index contributed by atoms with van der Waals surface area (Å²) in [7, 11) is 0. The third kappa shape index (κ3) is 5.71. The predicted octanol–water partition coefficient (Wildman–Crippen LogP) is 5.25. The molecular weight excluding hydrogens is 420 g/mol. The van der Waals surface area contributed by atoms with Gasteiger partial charge in [0.25, 0.3) is 11.8 Å². The van der Waals surface area contributed by atoms with Crippen LogP contribution < -0.4 is 15.4 Å². The molecule has 0 fully saturated rings. The van der Waals surface area contributed by atoms with Crippen LogP contribution in [0.2, 0.25) is 0 Å². The van der Waals surface area contributed by atoms with Crippen LogP contribution in [0.4, 0.5) is 5.69 Å². The summed E-state index contributed by atoms with van der Waals surface area (Å²) >= 11 is 0. The molecule has 0 saturated carbocycles. The maximum atomic E-state index is 12.5. The van der Waals surface area contributed by atoms with E-state index in [4.69, 9.17) is 13.6 Å². The van der Waals surface area contributed by atoms with Crippen molar-refractivity contribution >= 4 is 17.5 Å². The van der Waals surface area contributed by atoms with Gasteiger partial charge in [0.05, 0.1) is 6.26 Å². The van der Waals surface area contributed by atoms with E-state index < -0.39 is 0 Å². The van der Waals surface area contributed by atoms with Gasteiger partial charge in [-0.15, -0.1) is 0 Å². The van der Waals surface area contributed by atoms with E-state index in [1.54, 1.807) is 42.5 Å². The fourth-order valence-corrected chi connectivity index (χ4v) is 3.32. The summed E-state index contributed by atoms with van der Waals surface area (Å²) in [5, 5.41) is 5.59. The number of benzene rings is 2. The number of anilines is 1. The van der Waals surface area contributed by atoms with Crippen LogP contribution in [0.1, 0.15) is 43.6 Å². The lowest BCUT2D eigenvalue weighted by Gasteiger charge is -2.08. The fourth-order valence-electron chi connectivity index (χ4n) is 3.32. The normalized spacial score (nSPS) is 10.6. The Morgan fingerprint density at radius 2 is 1.79 bits per heavy atom. The maximum Gasteiger partial charge on any atom is 0.291 e. The molecule has 4 aromatic rings. The van der Waals surface area contributed by atoms with Crippen LogP contribution in [0, 0.1) is 13.8 Å². The van der Waals surface area contributed by atoms with Crippen LogP contribution >= 0.6 is 0 Å². The molecule has 33 heavy (non-hydrogen) atoms. The number of ether oxygens (including phenoxy) is 1. The minimum atomic E-state index is -0.340. The van der Waals surface area contributed by atoms with Crippen LogP contribution in [0.25, 0.3) is 0 Å². The van der Waals surface area contributed by atoms with Crippen LogP contribution in [0.5, 0.6) is 5.75 Å². The summed E-state index contributed by atoms with van der Waals surface area (Å²) in [6, 6.07) is 19.7. The number of carbonyl (C=O) groups excluding carboxylic acids is 2. The van der Waals surface area contributed by atoms with Crippen LogP contribution in [0.3, 0.4) is 0 Å². The van der Waals surface area contributed by atoms with Crippen molar-refractivity contribution in [3.05, 3.63) is 107 Å². The molecule has 7 heteroatoms. The first-order chi connectivity index (χ1) is 16.0. The third-order valence-corrected chi connectivity index (χ3v) is 4.97. The van der Waals surface area contributed by atoms with Gasteiger partial charge in [-0.3, -0.25) is 9.59 Å². The molecular formula is C26H24N2O5. The van der Waals surface area contributed by atoms with Gasteiger partial charge in [0, 0.05) is 12.2 Å². The van der Waals surface area contributed by atoms with E-state index in [2.05, 4.69) is 10.6 Å². The second kappa shape index (κ2) is 9.91. The van der Waals surface area contributed by atoms with Gasteiger partial charge < -0.3 is 24.2 Å². The first-order valence-corrected chi connectivity index (χ1v) is 10.5. The predicted molar refractivity (Wildman–Crippen MR) is 123 cm³/mol. The van der Waals surface area contributed by atoms with Crippen molar-refractivity contribution in [3.8, 4) is 5.75 Å². The van der Waals surface area contributed by atoms with Gasteiger partial charge in [-0.05, 0) is 67.4 Å². The molecule has 0 spiro atoms. The lowest BCUT2D eigenvalue weighted by molar-refractivity contribution is 0.0918. The Balaban J connectivity index is 1.30. The van der Waals surface area contributed by atoms with E-state index in [0.29, 0.717) is 11.4 Å². The summed E-state index contributed by atoms with van der Waals surface area (Å²) < 4.78 is 16.5. The standard InChI is InChI=1S/C26H24N2O5/c1-17-8-10-22(18(2)13-17)32-16-21-9-11-24(33-21)25(29)27-15-19-5-3-6-20(14-19)28-26(30)23-7-4-12-31-23/h3-14H,15-16H2,1-2H3,(H,27,29)(H,28,30). The number of carbonyl (C=O) groups is 2. The van der Waals surface area contributed by atoms with E-state index in [1.807, 2.05) is 38.1 Å². The average Bonchev–Trinajstić information content (AvgIpc) is 3.50. The summed E-state index contributed by atoms with van der Waals surface area (Å²) in [5.41, 5.74) is 3.64.